The number of carbonyl (C=O) groups excluding carboxylic acids is 2. The van der Waals surface area contributed by atoms with Crippen LogP contribution in [0.25, 0.3) is 0 Å². The number of primary amides is 1. The van der Waals surface area contributed by atoms with Crippen molar-refractivity contribution in [2.24, 2.45) is 11.6 Å². The molecule has 1 aromatic rings. The maximum atomic E-state index is 13.5. The third-order valence-electron chi connectivity index (χ3n) is 2.49. The minimum atomic E-state index is -0.903. The Morgan fingerprint density at radius 1 is 1.47 bits per heavy atom. The van der Waals surface area contributed by atoms with Crippen molar-refractivity contribution in [3.63, 3.8) is 0 Å². The van der Waals surface area contributed by atoms with Gasteiger partial charge in [-0.25, -0.2) is 10.2 Å². The number of halogens is 1. The zero-order chi connectivity index (χ0) is 14.4. The number of carbonyl (C=O) groups is 2. The Hall–Kier alpha value is -2.15. The molecule has 1 atom stereocenters. The second kappa shape index (κ2) is 6.69. The zero-order valence-corrected chi connectivity index (χ0v) is 10.5. The lowest BCUT2D eigenvalue weighted by Gasteiger charge is -2.16. The molecule has 0 spiro atoms. The number of nitrogens with one attached hydrogen (secondary N) is 1. The fraction of sp³-hybridized carbons (Fsp3) is 0.333. The smallest absolute Gasteiger partial charge is 0.255 e. The molecule has 0 aliphatic heterocycles. The lowest BCUT2D eigenvalue weighted by atomic mass is 10.1. The van der Waals surface area contributed by atoms with Gasteiger partial charge in [-0.05, 0) is 25.5 Å². The van der Waals surface area contributed by atoms with Crippen LogP contribution in [-0.4, -0.2) is 17.9 Å². The van der Waals surface area contributed by atoms with Crippen molar-refractivity contribution < 1.29 is 18.7 Å². The van der Waals surface area contributed by atoms with Crippen LogP contribution in [0.3, 0.4) is 0 Å². The summed E-state index contributed by atoms with van der Waals surface area (Å²) < 4.78 is 18.9. The van der Waals surface area contributed by atoms with Gasteiger partial charge in [0.15, 0.2) is 0 Å². The van der Waals surface area contributed by atoms with Gasteiger partial charge in [-0.1, -0.05) is 6.07 Å². The summed E-state index contributed by atoms with van der Waals surface area (Å²) in [4.78, 5) is 22.1. The Kier molecular flexibility index (Phi) is 5.25. The first kappa shape index (κ1) is 14.9. The molecule has 0 aliphatic rings. The second-order valence-electron chi connectivity index (χ2n) is 4.01. The third-order valence-corrected chi connectivity index (χ3v) is 2.49. The molecule has 0 aromatic heterocycles. The van der Waals surface area contributed by atoms with Gasteiger partial charge in [0.2, 0.25) is 5.91 Å². The van der Waals surface area contributed by atoms with Gasteiger partial charge < -0.3 is 10.5 Å². The topological polar surface area (TPSA) is 107 Å². The van der Waals surface area contributed by atoms with Crippen molar-refractivity contribution in [2.45, 2.75) is 25.9 Å². The lowest BCUT2D eigenvalue weighted by molar-refractivity contribution is -0.121. The van der Waals surface area contributed by atoms with E-state index in [-0.39, 0.29) is 23.6 Å². The Balaban J connectivity index is 2.74. The van der Waals surface area contributed by atoms with E-state index in [0.29, 0.717) is 6.42 Å². The van der Waals surface area contributed by atoms with Crippen LogP contribution >= 0.6 is 0 Å². The van der Waals surface area contributed by atoms with Crippen LogP contribution in [0.2, 0.25) is 0 Å². The minimum Gasteiger partial charge on any atom is -0.490 e. The van der Waals surface area contributed by atoms with Crippen LogP contribution in [0.4, 0.5) is 4.39 Å². The zero-order valence-electron chi connectivity index (χ0n) is 10.5. The molecule has 104 valence electrons. The van der Waals surface area contributed by atoms with E-state index in [4.69, 9.17) is 16.3 Å². The van der Waals surface area contributed by atoms with E-state index in [1.54, 1.807) is 6.92 Å². The standard InChI is InChI=1S/C12H16FN3O3/c1-7(5-6-10(17)16-15)19-9-4-2-3-8(13)11(9)12(14)18/h2-4,7H,5-6,15H2,1H3,(H2,14,18)(H,16,17). The molecule has 0 radical (unpaired) electrons. The predicted molar refractivity (Wildman–Crippen MR) is 66.6 cm³/mol. The highest BCUT2D eigenvalue weighted by Crippen LogP contribution is 2.22. The summed E-state index contributed by atoms with van der Waals surface area (Å²) in [6, 6.07) is 3.98. The molecule has 1 rings (SSSR count). The quantitative estimate of drug-likeness (QED) is 0.396. The molecule has 1 unspecified atom stereocenters. The van der Waals surface area contributed by atoms with Crippen LogP contribution in [0, 0.1) is 5.82 Å². The highest BCUT2D eigenvalue weighted by atomic mass is 19.1. The molecule has 19 heavy (non-hydrogen) atoms. The first-order valence-corrected chi connectivity index (χ1v) is 5.70. The first-order valence-electron chi connectivity index (χ1n) is 5.70. The molecule has 0 saturated heterocycles. The van der Waals surface area contributed by atoms with E-state index in [1.807, 2.05) is 5.43 Å². The first-order chi connectivity index (χ1) is 8.95. The van der Waals surface area contributed by atoms with Crippen LogP contribution < -0.4 is 21.7 Å². The SMILES string of the molecule is CC(CCC(=O)NN)Oc1cccc(F)c1C(N)=O. The Labute approximate surface area is 109 Å². The van der Waals surface area contributed by atoms with Crippen molar-refractivity contribution >= 4 is 11.8 Å². The van der Waals surface area contributed by atoms with Gasteiger partial charge in [0.1, 0.15) is 17.1 Å². The van der Waals surface area contributed by atoms with Crippen molar-refractivity contribution in [1.82, 2.24) is 5.43 Å². The maximum Gasteiger partial charge on any atom is 0.255 e. The molecule has 0 aliphatic carbocycles. The summed E-state index contributed by atoms with van der Waals surface area (Å²) in [7, 11) is 0. The van der Waals surface area contributed by atoms with Gasteiger partial charge in [-0.3, -0.25) is 15.0 Å². The van der Waals surface area contributed by atoms with Crippen LogP contribution in [0.5, 0.6) is 5.75 Å². The largest absolute Gasteiger partial charge is 0.490 e. The van der Waals surface area contributed by atoms with E-state index in [1.165, 1.54) is 12.1 Å². The molecule has 6 nitrogen and oxygen atoms in total. The van der Waals surface area contributed by atoms with Gasteiger partial charge in [0, 0.05) is 6.42 Å². The van der Waals surface area contributed by atoms with E-state index in [9.17, 15) is 14.0 Å². The summed E-state index contributed by atoms with van der Waals surface area (Å²) in [5.74, 6) is 3.04. The normalized spacial score (nSPS) is 11.7. The Bertz CT molecular complexity index is 479. The van der Waals surface area contributed by atoms with Gasteiger partial charge in [0.25, 0.3) is 5.91 Å². The Morgan fingerprint density at radius 3 is 2.74 bits per heavy atom. The van der Waals surface area contributed by atoms with Crippen molar-refractivity contribution in [3.8, 4) is 5.75 Å². The average molecular weight is 269 g/mol. The second-order valence-corrected chi connectivity index (χ2v) is 4.01. The highest BCUT2D eigenvalue weighted by molar-refractivity contribution is 5.95. The number of nitrogens with two attached hydrogens (primary N) is 2. The van der Waals surface area contributed by atoms with Crippen LogP contribution in [-0.2, 0) is 4.79 Å². The predicted octanol–water partition coefficient (Wildman–Crippen LogP) is 0.462. The molecule has 7 heteroatoms. The molecule has 0 bridgehead atoms. The van der Waals surface area contributed by atoms with Crippen LogP contribution in [0.1, 0.15) is 30.1 Å². The third kappa shape index (κ3) is 4.22. The van der Waals surface area contributed by atoms with E-state index < -0.39 is 17.8 Å². The van der Waals surface area contributed by atoms with Crippen molar-refractivity contribution in [1.29, 1.82) is 0 Å². The average Bonchev–Trinajstić information content (AvgIpc) is 2.35. The van der Waals surface area contributed by atoms with E-state index in [0.717, 1.165) is 6.07 Å². The number of hydrazine groups is 1. The van der Waals surface area contributed by atoms with Gasteiger partial charge in [-0.2, -0.15) is 0 Å². The van der Waals surface area contributed by atoms with Gasteiger partial charge in [0.05, 0.1) is 6.10 Å². The van der Waals surface area contributed by atoms with Crippen molar-refractivity contribution in [3.05, 3.63) is 29.6 Å². The van der Waals surface area contributed by atoms with Gasteiger partial charge in [-0.15, -0.1) is 0 Å². The fourth-order valence-corrected chi connectivity index (χ4v) is 1.52. The molecule has 1 aromatic carbocycles. The number of hydrogen-bond donors (Lipinski definition) is 3. The summed E-state index contributed by atoms with van der Waals surface area (Å²) in [5.41, 5.74) is 6.80. The summed E-state index contributed by atoms with van der Waals surface area (Å²) >= 11 is 0. The number of rotatable bonds is 6. The minimum absolute atomic E-state index is 0.0631. The number of hydrogen-bond acceptors (Lipinski definition) is 4. The Morgan fingerprint density at radius 2 is 2.16 bits per heavy atom. The van der Waals surface area contributed by atoms with Gasteiger partial charge >= 0.3 is 0 Å². The summed E-state index contributed by atoms with van der Waals surface area (Å²) in [5, 5.41) is 0. The van der Waals surface area contributed by atoms with Crippen molar-refractivity contribution in [2.75, 3.05) is 0 Å². The molecule has 0 saturated carbocycles. The molecule has 0 heterocycles. The summed E-state index contributed by atoms with van der Waals surface area (Å²) in [6.07, 6.45) is 0.147. The molecule has 2 amide bonds. The molecular formula is C12H16FN3O3. The van der Waals surface area contributed by atoms with E-state index >= 15 is 0 Å². The molecular weight excluding hydrogens is 253 g/mol. The number of amides is 2. The number of benzene rings is 1. The highest BCUT2D eigenvalue weighted by Gasteiger charge is 2.17. The maximum absolute atomic E-state index is 13.5. The number of ether oxygens (including phenoxy) is 1. The fourth-order valence-electron chi connectivity index (χ4n) is 1.52. The van der Waals surface area contributed by atoms with E-state index in [2.05, 4.69) is 0 Å². The lowest BCUT2D eigenvalue weighted by Crippen LogP contribution is -2.31. The molecule has 0 fully saturated rings. The summed E-state index contributed by atoms with van der Waals surface area (Å²) in [6.45, 7) is 1.69. The molecule has 5 N–H and O–H groups in total. The monoisotopic (exact) mass is 269 g/mol. The van der Waals surface area contributed by atoms with Crippen LogP contribution in [0.15, 0.2) is 18.2 Å².